The SMILES string of the molecule is O=C(NCC1(c2cccc(Cl)c2)CCOCC1)c1cccc(N2CCOC2=O)c1. The van der Waals surface area contributed by atoms with Crippen LogP contribution in [0.1, 0.15) is 28.8 Å². The van der Waals surface area contributed by atoms with Crippen LogP contribution < -0.4 is 10.2 Å². The minimum Gasteiger partial charge on any atom is -0.447 e. The average molecular weight is 415 g/mol. The van der Waals surface area contributed by atoms with Gasteiger partial charge >= 0.3 is 6.09 Å². The lowest BCUT2D eigenvalue weighted by atomic mass is 9.74. The van der Waals surface area contributed by atoms with E-state index in [0.717, 1.165) is 18.4 Å². The molecule has 2 saturated heterocycles. The summed E-state index contributed by atoms with van der Waals surface area (Å²) in [6.45, 7) is 2.64. The Morgan fingerprint density at radius 2 is 1.90 bits per heavy atom. The zero-order valence-electron chi connectivity index (χ0n) is 16.0. The molecule has 2 aliphatic rings. The maximum atomic E-state index is 12.9. The van der Waals surface area contributed by atoms with Crippen LogP contribution in [0.25, 0.3) is 0 Å². The number of halogens is 1. The molecule has 2 aromatic carbocycles. The van der Waals surface area contributed by atoms with Gasteiger partial charge in [0.1, 0.15) is 6.61 Å². The fourth-order valence-electron chi connectivity index (χ4n) is 3.94. The van der Waals surface area contributed by atoms with Crippen molar-refractivity contribution in [2.75, 3.05) is 37.8 Å². The van der Waals surface area contributed by atoms with Crippen molar-refractivity contribution in [1.82, 2.24) is 5.32 Å². The number of hydrogen-bond acceptors (Lipinski definition) is 4. The maximum absolute atomic E-state index is 12.9. The fourth-order valence-corrected chi connectivity index (χ4v) is 4.13. The smallest absolute Gasteiger partial charge is 0.414 e. The molecule has 152 valence electrons. The van der Waals surface area contributed by atoms with Crippen molar-refractivity contribution in [1.29, 1.82) is 0 Å². The minimum absolute atomic E-state index is 0.174. The molecule has 0 radical (unpaired) electrons. The van der Waals surface area contributed by atoms with Crippen molar-refractivity contribution < 1.29 is 19.1 Å². The number of anilines is 1. The highest BCUT2D eigenvalue weighted by atomic mass is 35.5. The second kappa shape index (κ2) is 8.43. The highest BCUT2D eigenvalue weighted by Gasteiger charge is 2.35. The molecule has 4 rings (SSSR count). The van der Waals surface area contributed by atoms with Gasteiger partial charge in [0.15, 0.2) is 0 Å². The average Bonchev–Trinajstić information content (AvgIpc) is 3.19. The van der Waals surface area contributed by atoms with E-state index in [-0.39, 0.29) is 17.4 Å². The summed E-state index contributed by atoms with van der Waals surface area (Å²) in [4.78, 5) is 26.2. The number of benzene rings is 2. The molecule has 29 heavy (non-hydrogen) atoms. The Morgan fingerprint density at radius 3 is 2.62 bits per heavy atom. The van der Waals surface area contributed by atoms with Crippen molar-refractivity contribution in [2.24, 2.45) is 0 Å². The largest absolute Gasteiger partial charge is 0.447 e. The van der Waals surface area contributed by atoms with Gasteiger partial charge in [-0.3, -0.25) is 9.69 Å². The summed E-state index contributed by atoms with van der Waals surface area (Å²) < 4.78 is 10.5. The quantitative estimate of drug-likeness (QED) is 0.808. The van der Waals surface area contributed by atoms with Gasteiger partial charge in [-0.1, -0.05) is 29.8 Å². The normalized spacial score (nSPS) is 18.4. The van der Waals surface area contributed by atoms with Gasteiger partial charge in [-0.15, -0.1) is 0 Å². The molecule has 0 bridgehead atoms. The predicted octanol–water partition coefficient (Wildman–Crippen LogP) is 3.77. The Balaban J connectivity index is 1.51. The van der Waals surface area contributed by atoms with Gasteiger partial charge in [0.25, 0.3) is 5.91 Å². The van der Waals surface area contributed by atoms with E-state index in [1.807, 2.05) is 18.2 Å². The summed E-state index contributed by atoms with van der Waals surface area (Å²) in [6, 6.07) is 14.9. The Kier molecular flexibility index (Phi) is 5.74. The third-order valence-corrected chi connectivity index (χ3v) is 5.89. The first kappa shape index (κ1) is 19.7. The summed E-state index contributed by atoms with van der Waals surface area (Å²) in [5.41, 5.74) is 2.07. The Bertz CT molecular complexity index is 911. The number of nitrogens with one attached hydrogen (secondary N) is 1. The number of ether oxygens (including phenoxy) is 2. The number of hydrogen-bond donors (Lipinski definition) is 1. The van der Waals surface area contributed by atoms with Gasteiger partial charge in [-0.05, 0) is 48.7 Å². The van der Waals surface area contributed by atoms with E-state index in [4.69, 9.17) is 21.1 Å². The topological polar surface area (TPSA) is 67.9 Å². The first-order valence-electron chi connectivity index (χ1n) is 9.74. The van der Waals surface area contributed by atoms with Gasteiger partial charge in [-0.25, -0.2) is 4.79 Å². The van der Waals surface area contributed by atoms with E-state index in [9.17, 15) is 9.59 Å². The minimum atomic E-state index is -0.385. The van der Waals surface area contributed by atoms with E-state index in [2.05, 4.69) is 11.4 Å². The molecular formula is C22H23ClN2O4. The fraction of sp³-hybridized carbons (Fsp3) is 0.364. The molecule has 2 heterocycles. The van der Waals surface area contributed by atoms with Crippen LogP contribution in [0.15, 0.2) is 48.5 Å². The molecule has 2 fully saturated rings. The molecule has 0 aliphatic carbocycles. The highest BCUT2D eigenvalue weighted by molar-refractivity contribution is 6.30. The number of carbonyl (C=O) groups is 2. The Morgan fingerprint density at radius 1 is 1.10 bits per heavy atom. The van der Waals surface area contributed by atoms with Crippen LogP contribution in [0.2, 0.25) is 5.02 Å². The standard InChI is InChI=1S/C22H23ClN2O4/c23-18-5-2-4-17(14-18)22(7-10-28-11-8-22)15-24-20(26)16-3-1-6-19(13-16)25-9-12-29-21(25)27/h1-6,13-14H,7-12,15H2,(H,24,26). The third kappa shape index (κ3) is 4.23. The third-order valence-electron chi connectivity index (χ3n) is 5.66. The van der Waals surface area contributed by atoms with Crippen LogP contribution in [-0.2, 0) is 14.9 Å². The van der Waals surface area contributed by atoms with Gasteiger partial charge < -0.3 is 14.8 Å². The Hall–Kier alpha value is -2.57. The number of cyclic esters (lactones) is 1. The van der Waals surface area contributed by atoms with Crippen LogP contribution in [-0.4, -0.2) is 44.9 Å². The van der Waals surface area contributed by atoms with Crippen molar-refractivity contribution in [3.63, 3.8) is 0 Å². The molecule has 6 nitrogen and oxygen atoms in total. The maximum Gasteiger partial charge on any atom is 0.414 e. The highest BCUT2D eigenvalue weighted by Crippen LogP contribution is 2.35. The lowest BCUT2D eigenvalue weighted by Gasteiger charge is -2.38. The lowest BCUT2D eigenvalue weighted by Crippen LogP contribution is -2.44. The summed E-state index contributed by atoms with van der Waals surface area (Å²) in [7, 11) is 0. The van der Waals surface area contributed by atoms with Crippen molar-refractivity contribution in [3.05, 3.63) is 64.7 Å². The zero-order valence-corrected chi connectivity index (χ0v) is 16.8. The van der Waals surface area contributed by atoms with E-state index in [0.29, 0.717) is 49.2 Å². The molecular weight excluding hydrogens is 392 g/mol. The second-order valence-corrected chi connectivity index (χ2v) is 7.84. The van der Waals surface area contributed by atoms with E-state index in [1.54, 1.807) is 24.3 Å². The van der Waals surface area contributed by atoms with Crippen LogP contribution in [0.3, 0.4) is 0 Å². The predicted molar refractivity (Wildman–Crippen MR) is 111 cm³/mol. The molecule has 0 unspecified atom stereocenters. The van der Waals surface area contributed by atoms with Gasteiger partial charge in [0.2, 0.25) is 0 Å². The number of amides is 2. The number of rotatable bonds is 5. The molecule has 1 N–H and O–H groups in total. The molecule has 0 spiro atoms. The number of nitrogens with zero attached hydrogens (tertiary/aromatic N) is 1. The lowest BCUT2D eigenvalue weighted by molar-refractivity contribution is 0.0487. The summed E-state index contributed by atoms with van der Waals surface area (Å²) in [5.74, 6) is -0.174. The van der Waals surface area contributed by atoms with Gasteiger partial charge in [0, 0.05) is 41.4 Å². The molecule has 2 aromatic rings. The summed E-state index contributed by atoms with van der Waals surface area (Å²) in [5, 5.41) is 3.77. The monoisotopic (exact) mass is 414 g/mol. The van der Waals surface area contributed by atoms with Gasteiger partial charge in [0.05, 0.1) is 6.54 Å². The van der Waals surface area contributed by atoms with E-state index in [1.165, 1.54) is 4.90 Å². The first-order chi connectivity index (χ1) is 14.1. The summed E-state index contributed by atoms with van der Waals surface area (Å²) in [6.07, 6.45) is 1.24. The molecule has 0 aromatic heterocycles. The molecule has 7 heteroatoms. The summed E-state index contributed by atoms with van der Waals surface area (Å²) >= 11 is 6.22. The van der Waals surface area contributed by atoms with Crippen molar-refractivity contribution in [2.45, 2.75) is 18.3 Å². The van der Waals surface area contributed by atoms with Crippen molar-refractivity contribution in [3.8, 4) is 0 Å². The second-order valence-electron chi connectivity index (χ2n) is 7.40. The first-order valence-corrected chi connectivity index (χ1v) is 10.1. The van der Waals surface area contributed by atoms with Crippen LogP contribution in [0.5, 0.6) is 0 Å². The number of carbonyl (C=O) groups excluding carboxylic acids is 2. The van der Waals surface area contributed by atoms with Gasteiger partial charge in [-0.2, -0.15) is 0 Å². The van der Waals surface area contributed by atoms with Crippen LogP contribution in [0, 0.1) is 0 Å². The van der Waals surface area contributed by atoms with Crippen LogP contribution >= 0.6 is 11.6 Å². The molecule has 2 aliphatic heterocycles. The zero-order chi connectivity index (χ0) is 20.3. The van der Waals surface area contributed by atoms with Crippen molar-refractivity contribution >= 4 is 29.3 Å². The van der Waals surface area contributed by atoms with E-state index < -0.39 is 0 Å². The molecule has 0 atom stereocenters. The Labute approximate surface area is 174 Å². The molecule has 0 saturated carbocycles. The van der Waals surface area contributed by atoms with Crippen LogP contribution in [0.4, 0.5) is 10.5 Å². The van der Waals surface area contributed by atoms with E-state index >= 15 is 0 Å². The molecule has 2 amide bonds.